The van der Waals surface area contributed by atoms with Gasteiger partial charge < -0.3 is 4.98 Å². The van der Waals surface area contributed by atoms with Gasteiger partial charge in [0.15, 0.2) is 0 Å². The maximum atomic E-state index is 3.62. The molecule has 3 aromatic carbocycles. The smallest absolute Gasteiger partial charge is 0.0544 e. The second kappa shape index (κ2) is 5.71. The molecule has 112 valence electrons. The van der Waals surface area contributed by atoms with Crippen LogP contribution in [0.4, 0.5) is 0 Å². The van der Waals surface area contributed by atoms with Crippen LogP contribution in [0, 0.1) is 6.92 Å². The Balaban J connectivity index is 2.11. The molecule has 0 atom stereocenters. The van der Waals surface area contributed by atoms with Gasteiger partial charge in [0.05, 0.1) is 5.69 Å². The van der Waals surface area contributed by atoms with Crippen molar-refractivity contribution < 1.29 is 0 Å². The molecule has 0 aliphatic heterocycles. The molecule has 0 spiro atoms. The quantitative estimate of drug-likeness (QED) is 0.415. The van der Waals surface area contributed by atoms with Crippen molar-refractivity contribution in [2.75, 3.05) is 0 Å². The molecular weight excluding hydrogens is 346 g/mol. The number of halogens is 1. The Hall–Kier alpha value is -2.32. The summed E-state index contributed by atoms with van der Waals surface area (Å²) in [6.45, 7) is 2.17. The lowest BCUT2D eigenvalue weighted by atomic mass is 9.96. The summed E-state index contributed by atoms with van der Waals surface area (Å²) < 4.78 is 1.09. The molecule has 0 saturated carbocycles. The molecule has 1 heterocycles. The maximum absolute atomic E-state index is 3.62. The first-order valence-corrected chi connectivity index (χ1v) is 8.46. The molecule has 23 heavy (non-hydrogen) atoms. The number of aryl methyl sites for hydroxylation is 1. The molecule has 0 amide bonds. The molecule has 1 aromatic heterocycles. The van der Waals surface area contributed by atoms with Crippen molar-refractivity contribution in [3.8, 4) is 22.4 Å². The zero-order valence-corrected chi connectivity index (χ0v) is 14.4. The summed E-state index contributed by atoms with van der Waals surface area (Å²) in [6, 6.07) is 25.5. The summed E-state index contributed by atoms with van der Waals surface area (Å²) in [5, 5.41) is 1.30. The predicted octanol–water partition coefficient (Wildman–Crippen LogP) is 6.57. The van der Waals surface area contributed by atoms with Gasteiger partial charge in [-0.2, -0.15) is 0 Å². The summed E-state index contributed by atoms with van der Waals surface area (Å²) in [5.74, 6) is 0. The lowest BCUT2D eigenvalue weighted by molar-refractivity contribution is 1.44. The number of H-pyrrole nitrogens is 1. The maximum Gasteiger partial charge on any atom is 0.0544 e. The van der Waals surface area contributed by atoms with Gasteiger partial charge in [0.1, 0.15) is 0 Å². The minimum atomic E-state index is 1.09. The SMILES string of the molecule is Cc1cccc2[nH]c(-c3ccccc3)c(-c3cccc(Br)c3)c12. The number of nitrogens with one attached hydrogen (secondary N) is 1. The van der Waals surface area contributed by atoms with Crippen molar-refractivity contribution in [2.45, 2.75) is 6.92 Å². The molecule has 0 fully saturated rings. The van der Waals surface area contributed by atoms with E-state index >= 15 is 0 Å². The summed E-state index contributed by atoms with van der Waals surface area (Å²) in [4.78, 5) is 3.62. The van der Waals surface area contributed by atoms with Crippen LogP contribution in [-0.2, 0) is 0 Å². The van der Waals surface area contributed by atoms with Crippen molar-refractivity contribution in [1.29, 1.82) is 0 Å². The van der Waals surface area contributed by atoms with Crippen LogP contribution in [0.15, 0.2) is 77.3 Å². The molecular formula is C21H16BrN. The summed E-state index contributed by atoms with van der Waals surface area (Å²) in [7, 11) is 0. The Morgan fingerprint density at radius 2 is 1.52 bits per heavy atom. The first kappa shape index (κ1) is 14.3. The lowest BCUT2D eigenvalue weighted by Gasteiger charge is -2.07. The van der Waals surface area contributed by atoms with Crippen LogP contribution in [0.1, 0.15) is 5.56 Å². The second-order valence-corrected chi connectivity index (χ2v) is 6.66. The van der Waals surface area contributed by atoms with Crippen molar-refractivity contribution in [3.05, 3.63) is 82.8 Å². The first-order valence-electron chi connectivity index (χ1n) is 7.67. The molecule has 0 bridgehead atoms. The molecule has 0 aliphatic carbocycles. The third kappa shape index (κ3) is 2.49. The van der Waals surface area contributed by atoms with E-state index in [1.54, 1.807) is 0 Å². The summed E-state index contributed by atoms with van der Waals surface area (Å²) >= 11 is 3.60. The van der Waals surface area contributed by atoms with E-state index in [9.17, 15) is 0 Å². The average molecular weight is 362 g/mol. The highest BCUT2D eigenvalue weighted by Gasteiger charge is 2.16. The molecule has 4 rings (SSSR count). The minimum absolute atomic E-state index is 1.09. The van der Waals surface area contributed by atoms with E-state index in [-0.39, 0.29) is 0 Å². The molecule has 0 aliphatic rings. The largest absolute Gasteiger partial charge is 0.354 e. The number of hydrogen-bond donors (Lipinski definition) is 1. The molecule has 0 saturated heterocycles. The predicted molar refractivity (Wildman–Crippen MR) is 102 cm³/mol. The first-order chi connectivity index (χ1) is 11.2. The van der Waals surface area contributed by atoms with Crippen molar-refractivity contribution >= 4 is 26.8 Å². The van der Waals surface area contributed by atoms with E-state index < -0.39 is 0 Å². The van der Waals surface area contributed by atoms with E-state index in [1.165, 1.54) is 38.9 Å². The van der Waals surface area contributed by atoms with Crippen LogP contribution in [0.5, 0.6) is 0 Å². The van der Waals surface area contributed by atoms with Crippen molar-refractivity contribution in [3.63, 3.8) is 0 Å². The fraction of sp³-hybridized carbons (Fsp3) is 0.0476. The summed E-state index contributed by atoms with van der Waals surface area (Å²) in [6.07, 6.45) is 0. The highest BCUT2D eigenvalue weighted by molar-refractivity contribution is 9.10. The van der Waals surface area contributed by atoms with Gasteiger partial charge in [-0.15, -0.1) is 0 Å². The van der Waals surface area contributed by atoms with Crippen LogP contribution in [0.25, 0.3) is 33.3 Å². The van der Waals surface area contributed by atoms with Gasteiger partial charge in [-0.05, 0) is 41.8 Å². The third-order valence-electron chi connectivity index (χ3n) is 4.21. The lowest BCUT2D eigenvalue weighted by Crippen LogP contribution is -1.83. The Bertz CT molecular complexity index is 983. The van der Waals surface area contributed by atoms with Gasteiger partial charge in [-0.25, -0.2) is 0 Å². The van der Waals surface area contributed by atoms with E-state index in [0.29, 0.717) is 0 Å². The zero-order chi connectivity index (χ0) is 15.8. The fourth-order valence-corrected chi connectivity index (χ4v) is 3.58. The van der Waals surface area contributed by atoms with E-state index in [1.807, 2.05) is 0 Å². The highest BCUT2D eigenvalue weighted by Crippen LogP contribution is 2.40. The van der Waals surface area contributed by atoms with E-state index in [2.05, 4.69) is 101 Å². The number of hydrogen-bond acceptors (Lipinski definition) is 0. The number of rotatable bonds is 2. The third-order valence-corrected chi connectivity index (χ3v) is 4.70. The highest BCUT2D eigenvalue weighted by atomic mass is 79.9. The van der Waals surface area contributed by atoms with Crippen LogP contribution < -0.4 is 0 Å². The van der Waals surface area contributed by atoms with Crippen LogP contribution >= 0.6 is 15.9 Å². The van der Waals surface area contributed by atoms with Crippen molar-refractivity contribution in [1.82, 2.24) is 4.98 Å². The average Bonchev–Trinajstić information content (AvgIpc) is 2.97. The van der Waals surface area contributed by atoms with E-state index in [0.717, 1.165) is 4.47 Å². The van der Waals surface area contributed by atoms with Crippen LogP contribution in [0.3, 0.4) is 0 Å². The van der Waals surface area contributed by atoms with Gasteiger partial charge in [-0.3, -0.25) is 0 Å². The number of benzene rings is 3. The summed E-state index contributed by atoms with van der Waals surface area (Å²) in [5.41, 5.74) is 7.34. The van der Waals surface area contributed by atoms with Gasteiger partial charge in [-0.1, -0.05) is 70.5 Å². The molecule has 4 aromatic rings. The number of fused-ring (bicyclic) bond motifs is 1. The normalized spacial score (nSPS) is 11.0. The van der Waals surface area contributed by atoms with Gasteiger partial charge in [0.2, 0.25) is 0 Å². The molecule has 1 nitrogen and oxygen atoms in total. The zero-order valence-electron chi connectivity index (χ0n) is 12.8. The minimum Gasteiger partial charge on any atom is -0.354 e. The fourth-order valence-electron chi connectivity index (χ4n) is 3.18. The molecule has 2 heteroatoms. The van der Waals surface area contributed by atoms with Crippen LogP contribution in [0.2, 0.25) is 0 Å². The van der Waals surface area contributed by atoms with Gasteiger partial charge in [0.25, 0.3) is 0 Å². The molecule has 0 radical (unpaired) electrons. The van der Waals surface area contributed by atoms with Gasteiger partial charge in [0, 0.05) is 20.9 Å². The second-order valence-electron chi connectivity index (χ2n) is 5.75. The molecule has 0 unspecified atom stereocenters. The van der Waals surface area contributed by atoms with Crippen molar-refractivity contribution in [2.24, 2.45) is 0 Å². The topological polar surface area (TPSA) is 15.8 Å². The Morgan fingerprint density at radius 3 is 2.30 bits per heavy atom. The standard InChI is InChI=1S/C21H16BrN/c1-14-7-5-12-18-19(14)20(16-10-6-11-17(22)13-16)21(23-18)15-8-3-2-4-9-15/h2-13,23H,1H3. The Morgan fingerprint density at radius 1 is 0.783 bits per heavy atom. The molecule has 1 N–H and O–H groups in total. The number of aromatic amines is 1. The monoisotopic (exact) mass is 361 g/mol. The van der Waals surface area contributed by atoms with E-state index in [4.69, 9.17) is 0 Å². The van der Waals surface area contributed by atoms with Crippen LogP contribution in [-0.4, -0.2) is 4.98 Å². The van der Waals surface area contributed by atoms with Gasteiger partial charge >= 0.3 is 0 Å². The Labute approximate surface area is 144 Å². The number of aromatic nitrogens is 1. The Kier molecular flexibility index (Phi) is 3.55.